The van der Waals surface area contributed by atoms with Crippen molar-refractivity contribution in [2.75, 3.05) is 18.5 Å². The van der Waals surface area contributed by atoms with Gasteiger partial charge in [-0.3, -0.25) is 4.79 Å². The molecule has 1 heterocycles. The van der Waals surface area contributed by atoms with E-state index in [4.69, 9.17) is 9.47 Å². The fourth-order valence-electron chi connectivity index (χ4n) is 6.71. The lowest BCUT2D eigenvalue weighted by Gasteiger charge is -2.61. The van der Waals surface area contributed by atoms with E-state index in [0.29, 0.717) is 5.69 Å². The van der Waals surface area contributed by atoms with Gasteiger partial charge in [0.2, 0.25) is 5.91 Å². The number of nitrogens with one attached hydrogen (secondary N) is 1. The molecule has 0 unspecified atom stereocenters. The number of anilines is 1. The molecule has 1 fully saturated rings. The number of carbonyl (C=O) groups excluding carboxylic acids is 1. The summed E-state index contributed by atoms with van der Waals surface area (Å²) in [5, 5.41) is 2.56. The monoisotopic (exact) mass is 457 g/mol. The molecule has 2 rings (SSSR count). The van der Waals surface area contributed by atoms with E-state index >= 15 is 0 Å². The number of halogens is 3. The number of alkyl halides is 3. The number of amides is 1. The molecule has 1 amide bonds. The summed E-state index contributed by atoms with van der Waals surface area (Å²) in [5.41, 5.74) is 1.04. The molecule has 1 aromatic rings. The second kappa shape index (κ2) is 8.32. The number of ether oxygens (including phenoxy) is 2. The molecular weight excluding hydrogens is 419 g/mol. The molecule has 1 saturated heterocycles. The Hall–Kier alpha value is -1.60. The number of rotatable bonds is 4. The van der Waals surface area contributed by atoms with Crippen molar-refractivity contribution in [2.45, 2.75) is 86.1 Å². The van der Waals surface area contributed by atoms with Crippen molar-refractivity contribution in [2.24, 2.45) is 16.2 Å². The minimum absolute atomic E-state index is 0.0928. The van der Waals surface area contributed by atoms with E-state index in [9.17, 15) is 18.0 Å². The molecule has 1 N–H and O–H groups in total. The molecule has 32 heavy (non-hydrogen) atoms. The van der Waals surface area contributed by atoms with Gasteiger partial charge in [0.05, 0.1) is 19.6 Å². The predicted molar refractivity (Wildman–Crippen MR) is 120 cm³/mol. The van der Waals surface area contributed by atoms with E-state index in [2.05, 4.69) is 67.6 Å². The van der Waals surface area contributed by atoms with Gasteiger partial charge in [0, 0.05) is 11.1 Å². The van der Waals surface area contributed by atoms with Gasteiger partial charge in [-0.05, 0) is 33.9 Å². The van der Waals surface area contributed by atoms with Crippen LogP contribution in [0.15, 0.2) is 24.3 Å². The first kappa shape index (κ1) is 26.7. The van der Waals surface area contributed by atoms with Crippen LogP contribution in [0.1, 0.15) is 74.3 Å². The van der Waals surface area contributed by atoms with Crippen LogP contribution in [0.4, 0.5) is 18.9 Å². The largest absolute Gasteiger partial charge is 0.443 e. The van der Waals surface area contributed by atoms with Crippen LogP contribution in [0.2, 0.25) is 0 Å². The zero-order valence-electron chi connectivity index (χ0n) is 20.8. The lowest BCUT2D eigenvalue weighted by molar-refractivity contribution is -0.342. The first-order valence-corrected chi connectivity index (χ1v) is 11.0. The Labute approximate surface area is 190 Å². The van der Waals surface area contributed by atoms with Crippen molar-refractivity contribution in [3.8, 4) is 0 Å². The van der Waals surface area contributed by atoms with E-state index < -0.39 is 24.3 Å². The van der Waals surface area contributed by atoms with Crippen molar-refractivity contribution in [1.29, 1.82) is 0 Å². The summed E-state index contributed by atoms with van der Waals surface area (Å²) < 4.78 is 49.8. The van der Waals surface area contributed by atoms with E-state index in [0.717, 1.165) is 5.56 Å². The Bertz CT molecular complexity index is 767. The molecule has 0 bridgehead atoms. The predicted octanol–water partition coefficient (Wildman–Crippen LogP) is 6.70. The molecular formula is C25H38F3NO3. The van der Waals surface area contributed by atoms with Gasteiger partial charge in [0.15, 0.2) is 0 Å². The van der Waals surface area contributed by atoms with E-state index in [1.165, 1.54) is 0 Å². The highest BCUT2D eigenvalue weighted by molar-refractivity contribution is 5.91. The Morgan fingerprint density at radius 1 is 0.844 bits per heavy atom. The van der Waals surface area contributed by atoms with E-state index in [-0.39, 0.29) is 34.9 Å². The molecule has 0 aliphatic carbocycles. The second-order valence-electron chi connectivity index (χ2n) is 11.7. The van der Waals surface area contributed by atoms with Gasteiger partial charge in [-0.2, -0.15) is 13.2 Å². The van der Waals surface area contributed by atoms with E-state index in [1.807, 2.05) is 12.1 Å². The van der Waals surface area contributed by atoms with E-state index in [1.54, 1.807) is 12.1 Å². The third kappa shape index (κ3) is 4.56. The molecule has 182 valence electrons. The zero-order chi connectivity index (χ0) is 24.8. The van der Waals surface area contributed by atoms with Gasteiger partial charge in [0.25, 0.3) is 5.79 Å². The summed E-state index contributed by atoms with van der Waals surface area (Å²) in [6.45, 7) is 19.7. The van der Waals surface area contributed by atoms with Gasteiger partial charge in [-0.1, -0.05) is 74.4 Å². The maximum absolute atomic E-state index is 13.4. The van der Waals surface area contributed by atoms with Crippen molar-refractivity contribution in [3.63, 3.8) is 0 Å². The van der Waals surface area contributed by atoms with Crippen LogP contribution in [0.25, 0.3) is 0 Å². The summed E-state index contributed by atoms with van der Waals surface area (Å²) in [6.07, 6.45) is -5.75. The Morgan fingerprint density at radius 2 is 1.25 bits per heavy atom. The molecule has 0 aromatic heterocycles. The summed E-state index contributed by atoms with van der Waals surface area (Å²) in [7, 11) is 0. The number of carbonyl (C=O) groups is 1. The van der Waals surface area contributed by atoms with Crippen molar-refractivity contribution in [3.05, 3.63) is 29.8 Å². The molecule has 0 saturated carbocycles. The Morgan fingerprint density at radius 3 is 1.59 bits per heavy atom. The average Bonchev–Trinajstić information content (AvgIpc) is 3.02. The Balaban J connectivity index is 2.35. The highest BCUT2D eigenvalue weighted by atomic mass is 19.4. The number of benzene rings is 1. The fourth-order valence-corrected chi connectivity index (χ4v) is 6.71. The van der Waals surface area contributed by atoms with Crippen LogP contribution in [-0.4, -0.2) is 31.1 Å². The summed E-state index contributed by atoms with van der Waals surface area (Å²) in [6, 6.07) is 7.45. The van der Waals surface area contributed by atoms with Gasteiger partial charge in [-0.15, -0.1) is 0 Å². The number of hydrogen-bond acceptors (Lipinski definition) is 3. The minimum atomic E-state index is -4.80. The van der Waals surface area contributed by atoms with Crippen LogP contribution in [0.3, 0.4) is 0 Å². The van der Waals surface area contributed by atoms with Crippen molar-refractivity contribution < 1.29 is 27.4 Å². The van der Waals surface area contributed by atoms with Crippen molar-refractivity contribution >= 4 is 11.6 Å². The first-order chi connectivity index (χ1) is 14.3. The molecule has 1 aliphatic rings. The third-order valence-electron chi connectivity index (χ3n) is 6.56. The quantitative estimate of drug-likeness (QED) is 0.547. The maximum Gasteiger partial charge on any atom is 0.443 e. The van der Waals surface area contributed by atoms with Gasteiger partial charge < -0.3 is 14.8 Å². The van der Waals surface area contributed by atoms with Gasteiger partial charge in [0.1, 0.15) is 0 Å². The fraction of sp³-hybridized carbons (Fsp3) is 0.720. The van der Waals surface area contributed by atoms with Gasteiger partial charge in [-0.25, -0.2) is 0 Å². The molecule has 4 nitrogen and oxygen atoms in total. The summed E-state index contributed by atoms with van der Waals surface area (Å²) in [5.74, 6) is -3.69. The molecule has 0 spiro atoms. The van der Waals surface area contributed by atoms with Crippen molar-refractivity contribution in [1.82, 2.24) is 0 Å². The smallest absolute Gasteiger partial charge is 0.340 e. The van der Waals surface area contributed by atoms with Crippen LogP contribution in [-0.2, 0) is 19.7 Å². The second-order valence-corrected chi connectivity index (χ2v) is 11.7. The van der Waals surface area contributed by atoms with Crippen LogP contribution < -0.4 is 5.32 Å². The lowest BCUT2D eigenvalue weighted by atomic mass is 9.42. The molecule has 0 atom stereocenters. The molecule has 0 radical (unpaired) electrons. The molecule has 1 aliphatic heterocycles. The third-order valence-corrected chi connectivity index (χ3v) is 6.56. The number of hydrogen-bond donors (Lipinski definition) is 1. The molecule has 1 aromatic carbocycles. The summed E-state index contributed by atoms with van der Waals surface area (Å²) >= 11 is 0. The van der Waals surface area contributed by atoms with Crippen LogP contribution in [0, 0.1) is 16.2 Å². The zero-order valence-corrected chi connectivity index (χ0v) is 20.8. The SMILES string of the molecule is CC(C)(C)C(c1ccc(NC(=O)CC2(C(F)(F)F)OCCO2)cc1)(C(C)(C)C)C(C)(C)C. The minimum Gasteiger partial charge on any atom is -0.340 e. The summed E-state index contributed by atoms with van der Waals surface area (Å²) in [4.78, 5) is 12.4. The van der Waals surface area contributed by atoms with Crippen LogP contribution >= 0.6 is 0 Å². The maximum atomic E-state index is 13.4. The lowest BCUT2D eigenvalue weighted by Crippen LogP contribution is -2.58. The average molecular weight is 458 g/mol. The standard InChI is InChI=1S/C25H38F3NO3/c1-20(2,3)24(21(4,5)6,22(7,8)9)17-10-12-18(13-11-17)29-19(30)16-23(25(26,27)28)31-14-15-32-23/h10-13H,14-16H2,1-9H3,(H,29,30). The topological polar surface area (TPSA) is 47.6 Å². The van der Waals surface area contributed by atoms with Gasteiger partial charge >= 0.3 is 6.18 Å². The Kier molecular flexibility index (Phi) is 6.93. The highest BCUT2D eigenvalue weighted by Crippen LogP contribution is 2.62. The molecule has 7 heteroatoms. The normalized spacial score (nSPS) is 18.0. The van der Waals surface area contributed by atoms with Crippen LogP contribution in [0.5, 0.6) is 0 Å². The first-order valence-electron chi connectivity index (χ1n) is 11.0. The highest BCUT2D eigenvalue weighted by Gasteiger charge is 2.61.